The van der Waals surface area contributed by atoms with Gasteiger partial charge in [0.25, 0.3) is 5.91 Å². The van der Waals surface area contributed by atoms with Crippen LogP contribution in [0.25, 0.3) is 21.3 Å². The van der Waals surface area contributed by atoms with Gasteiger partial charge < -0.3 is 5.32 Å². The number of carbonyl (C=O) groups excluding carboxylic acids is 1. The number of hydrogen-bond acceptors (Lipinski definition) is 5. The molecule has 0 aliphatic carbocycles. The van der Waals surface area contributed by atoms with Crippen LogP contribution in [0.1, 0.15) is 23.5 Å². The number of nitrogens with zero attached hydrogens (tertiary/aromatic N) is 2. The third-order valence-corrected chi connectivity index (χ3v) is 8.88. The van der Waals surface area contributed by atoms with Crippen LogP contribution in [-0.2, 0) is 10.0 Å². The molecule has 6 nitrogen and oxygen atoms in total. The minimum atomic E-state index is -3.80. The van der Waals surface area contributed by atoms with Crippen molar-refractivity contribution >= 4 is 54.8 Å². The first kappa shape index (κ1) is 24.3. The van der Waals surface area contributed by atoms with Crippen molar-refractivity contribution in [2.75, 3.05) is 18.4 Å². The van der Waals surface area contributed by atoms with Gasteiger partial charge in [-0.3, -0.25) is 4.79 Å². The van der Waals surface area contributed by atoms with Crippen LogP contribution >= 0.6 is 22.9 Å². The zero-order valence-corrected chi connectivity index (χ0v) is 20.8. The van der Waals surface area contributed by atoms with Gasteiger partial charge in [-0.05, 0) is 36.4 Å². The Hall–Kier alpha value is -2.85. The summed E-state index contributed by atoms with van der Waals surface area (Å²) in [6.07, 6.45) is 1.57. The average Bonchev–Trinajstić information content (AvgIpc) is 3.25. The molecule has 0 aliphatic rings. The molecule has 0 bridgehead atoms. The summed E-state index contributed by atoms with van der Waals surface area (Å²) in [5.74, 6) is -0.765. The van der Waals surface area contributed by atoms with Gasteiger partial charge in [0.1, 0.15) is 15.5 Å². The van der Waals surface area contributed by atoms with E-state index in [1.165, 1.54) is 33.8 Å². The molecule has 2 aromatic carbocycles. The van der Waals surface area contributed by atoms with Gasteiger partial charge in [-0.1, -0.05) is 43.6 Å². The lowest BCUT2D eigenvalue weighted by Crippen LogP contribution is -2.30. The zero-order chi connectivity index (χ0) is 24.5. The maximum Gasteiger partial charge on any atom is 0.265 e. The maximum absolute atomic E-state index is 14.1. The first-order valence-electron chi connectivity index (χ1n) is 10.5. The van der Waals surface area contributed by atoms with Crippen molar-refractivity contribution in [1.82, 2.24) is 9.29 Å². The number of nitrogens with one attached hydrogen (secondary N) is 1. The number of amides is 1. The molecule has 176 valence electrons. The maximum atomic E-state index is 14.1. The van der Waals surface area contributed by atoms with Gasteiger partial charge in [-0.25, -0.2) is 17.8 Å². The monoisotopic (exact) mass is 517 g/mol. The zero-order valence-electron chi connectivity index (χ0n) is 18.4. The topological polar surface area (TPSA) is 79.4 Å². The number of thiophene rings is 1. The first-order valence-corrected chi connectivity index (χ1v) is 13.1. The number of halogens is 2. The number of benzene rings is 2. The molecule has 0 spiro atoms. The molecule has 10 heteroatoms. The summed E-state index contributed by atoms with van der Waals surface area (Å²) >= 11 is 7.36. The molecule has 2 aromatic heterocycles. The van der Waals surface area contributed by atoms with Crippen molar-refractivity contribution in [3.05, 3.63) is 76.5 Å². The highest BCUT2D eigenvalue weighted by Gasteiger charge is 2.25. The molecular weight excluding hydrogens is 497 g/mol. The predicted octanol–water partition coefficient (Wildman–Crippen LogP) is 6.04. The van der Waals surface area contributed by atoms with Crippen molar-refractivity contribution in [3.8, 4) is 11.1 Å². The Labute approximate surface area is 206 Å². The van der Waals surface area contributed by atoms with E-state index in [1.54, 1.807) is 56.4 Å². The Bertz CT molecular complexity index is 1480. The minimum absolute atomic E-state index is 0.0665. The highest BCUT2D eigenvalue weighted by Crippen LogP contribution is 2.31. The normalized spacial score (nSPS) is 11.8. The van der Waals surface area contributed by atoms with Crippen LogP contribution in [0.3, 0.4) is 0 Å². The van der Waals surface area contributed by atoms with Gasteiger partial charge in [0.15, 0.2) is 0 Å². The van der Waals surface area contributed by atoms with Crippen LogP contribution in [0.5, 0.6) is 0 Å². The highest BCUT2D eigenvalue weighted by atomic mass is 35.5. The van der Waals surface area contributed by atoms with Gasteiger partial charge in [-0.15, -0.1) is 11.3 Å². The molecule has 0 radical (unpaired) electrons. The van der Waals surface area contributed by atoms with Crippen LogP contribution in [0.2, 0.25) is 5.02 Å². The average molecular weight is 518 g/mol. The van der Waals surface area contributed by atoms with Crippen LogP contribution in [0.4, 0.5) is 10.1 Å². The molecule has 0 unspecified atom stereocenters. The molecule has 1 N–H and O–H groups in total. The number of rotatable bonds is 7. The summed E-state index contributed by atoms with van der Waals surface area (Å²) < 4.78 is 41.3. The molecule has 2 heterocycles. The van der Waals surface area contributed by atoms with Gasteiger partial charge in [-0.2, -0.15) is 4.31 Å². The summed E-state index contributed by atoms with van der Waals surface area (Å²) in [6, 6.07) is 14.2. The molecule has 4 rings (SSSR count). The number of aromatic nitrogens is 1. The fourth-order valence-electron chi connectivity index (χ4n) is 3.56. The van der Waals surface area contributed by atoms with Gasteiger partial charge in [0, 0.05) is 41.5 Å². The van der Waals surface area contributed by atoms with E-state index in [4.69, 9.17) is 11.6 Å². The van der Waals surface area contributed by atoms with Gasteiger partial charge in [0.05, 0.1) is 9.90 Å². The van der Waals surface area contributed by atoms with E-state index in [2.05, 4.69) is 10.3 Å². The number of anilines is 1. The second-order valence-electron chi connectivity index (χ2n) is 7.40. The van der Waals surface area contributed by atoms with E-state index in [0.29, 0.717) is 45.0 Å². The Morgan fingerprint density at radius 3 is 2.56 bits per heavy atom. The summed E-state index contributed by atoms with van der Waals surface area (Å²) in [6.45, 7) is 4.09. The second-order valence-corrected chi connectivity index (χ2v) is 10.7. The number of sulfonamides is 1. The van der Waals surface area contributed by atoms with Crippen molar-refractivity contribution < 1.29 is 17.6 Å². The largest absolute Gasteiger partial charge is 0.321 e. The Balaban J connectivity index is 1.62. The van der Waals surface area contributed by atoms with E-state index >= 15 is 0 Å². The van der Waals surface area contributed by atoms with E-state index in [1.807, 2.05) is 0 Å². The fourth-order valence-corrected chi connectivity index (χ4v) is 6.40. The van der Waals surface area contributed by atoms with Crippen molar-refractivity contribution in [1.29, 1.82) is 0 Å². The SMILES string of the molecule is CCN(CC)S(=O)(=O)c1cc(NC(=O)c2cc3cc(-c4ccccc4F)cnc3s2)ccc1Cl. The Morgan fingerprint density at radius 2 is 1.85 bits per heavy atom. The number of pyridine rings is 1. The lowest BCUT2D eigenvalue weighted by molar-refractivity contribution is 0.103. The Kier molecular flexibility index (Phi) is 6.99. The Morgan fingerprint density at radius 1 is 1.12 bits per heavy atom. The van der Waals surface area contributed by atoms with Crippen LogP contribution in [0, 0.1) is 5.82 Å². The van der Waals surface area contributed by atoms with E-state index in [-0.39, 0.29) is 15.7 Å². The lowest BCUT2D eigenvalue weighted by atomic mass is 10.1. The summed E-state index contributed by atoms with van der Waals surface area (Å²) in [7, 11) is -3.80. The predicted molar refractivity (Wildman–Crippen MR) is 135 cm³/mol. The molecule has 0 saturated heterocycles. The third-order valence-electron chi connectivity index (χ3n) is 5.29. The molecule has 0 aliphatic heterocycles. The quantitative estimate of drug-likeness (QED) is 0.324. The highest BCUT2D eigenvalue weighted by molar-refractivity contribution is 7.89. The standard InChI is InChI=1S/C24H21ClFN3O3S2/c1-3-29(4-2)34(31,32)22-13-17(9-10-19(22)25)28-23(30)21-12-15-11-16(14-27-24(15)33-21)18-7-5-6-8-20(18)26/h5-14H,3-4H2,1-2H3,(H,28,30). The van der Waals surface area contributed by atoms with Gasteiger partial charge >= 0.3 is 0 Å². The lowest BCUT2D eigenvalue weighted by Gasteiger charge is -2.19. The van der Waals surface area contributed by atoms with Crippen LogP contribution in [0.15, 0.2) is 65.7 Å². The number of carbonyl (C=O) groups is 1. The summed E-state index contributed by atoms with van der Waals surface area (Å²) in [4.78, 5) is 18.2. The molecule has 1 amide bonds. The smallest absolute Gasteiger partial charge is 0.265 e. The molecule has 0 atom stereocenters. The summed E-state index contributed by atoms with van der Waals surface area (Å²) in [5, 5.41) is 3.52. The van der Waals surface area contributed by atoms with Crippen LogP contribution < -0.4 is 5.32 Å². The number of fused-ring (bicyclic) bond motifs is 1. The fraction of sp³-hybridized carbons (Fsp3) is 0.167. The molecule has 4 aromatic rings. The minimum Gasteiger partial charge on any atom is -0.321 e. The molecule has 34 heavy (non-hydrogen) atoms. The molecule has 0 fully saturated rings. The van der Waals surface area contributed by atoms with Crippen molar-refractivity contribution in [2.24, 2.45) is 0 Å². The van der Waals surface area contributed by atoms with Crippen molar-refractivity contribution in [3.63, 3.8) is 0 Å². The summed E-state index contributed by atoms with van der Waals surface area (Å²) in [5.41, 5.74) is 1.34. The molecule has 0 saturated carbocycles. The second kappa shape index (κ2) is 9.79. The third kappa shape index (κ3) is 4.69. The first-order chi connectivity index (χ1) is 16.2. The van der Waals surface area contributed by atoms with E-state index < -0.39 is 15.9 Å². The van der Waals surface area contributed by atoms with E-state index in [0.717, 1.165) is 0 Å². The van der Waals surface area contributed by atoms with Crippen LogP contribution in [-0.4, -0.2) is 36.7 Å². The number of hydrogen-bond donors (Lipinski definition) is 1. The van der Waals surface area contributed by atoms with E-state index in [9.17, 15) is 17.6 Å². The van der Waals surface area contributed by atoms with Crippen molar-refractivity contribution in [2.45, 2.75) is 18.7 Å². The molecular formula is C24H21ClFN3O3S2. The van der Waals surface area contributed by atoms with Gasteiger partial charge in [0.2, 0.25) is 10.0 Å².